The Bertz CT molecular complexity index is 996. The van der Waals surface area contributed by atoms with Crippen molar-refractivity contribution >= 4 is 27.4 Å². The first-order valence-electron chi connectivity index (χ1n) is 9.38. The van der Waals surface area contributed by atoms with E-state index in [1.807, 2.05) is 0 Å². The molecule has 0 aliphatic carbocycles. The van der Waals surface area contributed by atoms with E-state index < -0.39 is 10.0 Å². The van der Waals surface area contributed by atoms with Crippen LogP contribution in [-0.4, -0.2) is 50.7 Å². The summed E-state index contributed by atoms with van der Waals surface area (Å²) in [5.41, 5.74) is 1.31. The summed E-state index contributed by atoms with van der Waals surface area (Å²) in [6, 6.07) is 12.4. The standard InChI is InChI=1S/C21H24N2O5S/c1-15(24)17-5-3-6-18(13-17)22-21(25)16-8-10-20(11-9-16)29(26,27)23(2)14-19-7-4-12-28-19/h3,5-6,8-11,13,19H,4,7,12,14H2,1-2H3,(H,22,25)/t19-/m0/s1. The van der Waals surface area contributed by atoms with Gasteiger partial charge < -0.3 is 10.1 Å². The Labute approximate surface area is 170 Å². The number of sulfonamides is 1. The summed E-state index contributed by atoms with van der Waals surface area (Å²) in [4.78, 5) is 24.0. The molecule has 7 nitrogen and oxygen atoms in total. The van der Waals surface area contributed by atoms with E-state index in [4.69, 9.17) is 4.74 Å². The third-order valence-corrected chi connectivity index (χ3v) is 6.67. The number of likely N-dealkylation sites (N-methyl/N-ethyl adjacent to an activating group) is 1. The van der Waals surface area contributed by atoms with Gasteiger partial charge in [0.1, 0.15) is 0 Å². The van der Waals surface area contributed by atoms with Crippen molar-refractivity contribution in [2.75, 3.05) is 25.5 Å². The highest BCUT2D eigenvalue weighted by Crippen LogP contribution is 2.20. The first kappa shape index (κ1) is 21.2. The third kappa shape index (κ3) is 5.09. The predicted molar refractivity (Wildman–Crippen MR) is 110 cm³/mol. The van der Waals surface area contributed by atoms with Gasteiger partial charge in [-0.1, -0.05) is 12.1 Å². The second-order valence-electron chi connectivity index (χ2n) is 7.04. The summed E-state index contributed by atoms with van der Waals surface area (Å²) in [5.74, 6) is -0.481. The molecule has 3 rings (SSSR count). The summed E-state index contributed by atoms with van der Waals surface area (Å²) >= 11 is 0. The maximum absolute atomic E-state index is 12.7. The van der Waals surface area contributed by atoms with Crippen molar-refractivity contribution in [2.45, 2.75) is 30.8 Å². The zero-order valence-corrected chi connectivity index (χ0v) is 17.2. The van der Waals surface area contributed by atoms with Gasteiger partial charge in [0.25, 0.3) is 5.91 Å². The lowest BCUT2D eigenvalue weighted by Gasteiger charge is -2.20. The van der Waals surface area contributed by atoms with Crippen LogP contribution in [0.2, 0.25) is 0 Å². The molecule has 29 heavy (non-hydrogen) atoms. The van der Waals surface area contributed by atoms with E-state index in [1.165, 1.54) is 42.5 Å². The molecule has 1 saturated heterocycles. The molecule has 2 aromatic carbocycles. The molecule has 0 unspecified atom stereocenters. The number of amides is 1. The fourth-order valence-corrected chi connectivity index (χ4v) is 4.35. The molecule has 0 bridgehead atoms. The first-order chi connectivity index (χ1) is 13.8. The predicted octanol–water partition coefficient (Wildman–Crippen LogP) is 2.94. The van der Waals surface area contributed by atoms with Gasteiger partial charge in [-0.25, -0.2) is 8.42 Å². The van der Waals surface area contributed by atoms with Gasteiger partial charge in [0.05, 0.1) is 11.0 Å². The lowest BCUT2D eigenvalue weighted by Crippen LogP contribution is -2.34. The van der Waals surface area contributed by atoms with Crippen LogP contribution in [0.1, 0.15) is 40.5 Å². The number of carbonyl (C=O) groups is 2. The molecule has 1 atom stereocenters. The first-order valence-corrected chi connectivity index (χ1v) is 10.8. The zero-order chi connectivity index (χ0) is 21.0. The van der Waals surface area contributed by atoms with E-state index in [-0.39, 0.29) is 22.7 Å². The number of ether oxygens (including phenoxy) is 1. The van der Waals surface area contributed by atoms with E-state index >= 15 is 0 Å². The number of nitrogens with zero attached hydrogens (tertiary/aromatic N) is 1. The molecule has 0 saturated carbocycles. The number of Topliss-reactive ketones (excluding diaryl/α,β-unsaturated/α-hetero) is 1. The molecule has 0 spiro atoms. The molecule has 2 aromatic rings. The molecule has 1 N–H and O–H groups in total. The van der Waals surface area contributed by atoms with Crippen molar-refractivity contribution in [3.8, 4) is 0 Å². The Balaban J connectivity index is 1.69. The van der Waals surface area contributed by atoms with Crippen molar-refractivity contribution in [1.82, 2.24) is 4.31 Å². The lowest BCUT2D eigenvalue weighted by molar-refractivity contribution is 0.0978. The summed E-state index contributed by atoms with van der Waals surface area (Å²) in [6.07, 6.45) is 1.71. The number of hydrogen-bond acceptors (Lipinski definition) is 5. The van der Waals surface area contributed by atoms with Crippen LogP contribution in [-0.2, 0) is 14.8 Å². The van der Waals surface area contributed by atoms with Gasteiger partial charge in [0, 0.05) is 37.0 Å². The molecule has 8 heteroatoms. The van der Waals surface area contributed by atoms with E-state index in [1.54, 1.807) is 24.3 Å². The van der Waals surface area contributed by atoms with Gasteiger partial charge in [-0.2, -0.15) is 4.31 Å². The largest absolute Gasteiger partial charge is 0.377 e. The molecular weight excluding hydrogens is 392 g/mol. The minimum Gasteiger partial charge on any atom is -0.377 e. The van der Waals surface area contributed by atoms with Crippen molar-refractivity contribution in [3.63, 3.8) is 0 Å². The molecule has 0 radical (unpaired) electrons. The summed E-state index contributed by atoms with van der Waals surface area (Å²) in [5, 5.41) is 2.72. The van der Waals surface area contributed by atoms with E-state index in [2.05, 4.69) is 5.32 Å². The Morgan fingerprint density at radius 1 is 1.14 bits per heavy atom. The summed E-state index contributed by atoms with van der Waals surface area (Å²) in [6.45, 7) is 2.42. The number of benzene rings is 2. The van der Waals surface area contributed by atoms with E-state index in [0.717, 1.165) is 12.8 Å². The van der Waals surface area contributed by atoms with Gasteiger partial charge in [0.15, 0.2) is 5.78 Å². The van der Waals surface area contributed by atoms with Gasteiger partial charge in [-0.05, 0) is 56.2 Å². The number of carbonyl (C=O) groups excluding carboxylic acids is 2. The molecule has 1 fully saturated rings. The van der Waals surface area contributed by atoms with E-state index in [9.17, 15) is 18.0 Å². The minimum atomic E-state index is -3.66. The molecule has 1 amide bonds. The smallest absolute Gasteiger partial charge is 0.255 e. The van der Waals surface area contributed by atoms with Crippen LogP contribution in [0.3, 0.4) is 0 Å². The van der Waals surface area contributed by atoms with Crippen molar-refractivity contribution in [3.05, 3.63) is 59.7 Å². The minimum absolute atomic E-state index is 0.0782. The maximum atomic E-state index is 12.7. The Morgan fingerprint density at radius 2 is 1.86 bits per heavy atom. The number of hydrogen-bond donors (Lipinski definition) is 1. The third-order valence-electron chi connectivity index (χ3n) is 4.84. The van der Waals surface area contributed by atoms with E-state index in [0.29, 0.717) is 30.0 Å². The molecule has 1 heterocycles. The molecule has 1 aliphatic rings. The second kappa shape index (κ2) is 8.86. The van der Waals surface area contributed by atoms with Crippen LogP contribution in [0.5, 0.6) is 0 Å². The highest BCUT2D eigenvalue weighted by atomic mass is 32.2. The van der Waals surface area contributed by atoms with Crippen LogP contribution in [0.4, 0.5) is 5.69 Å². The van der Waals surface area contributed by atoms with Gasteiger partial charge in [-0.15, -0.1) is 0 Å². The number of nitrogens with one attached hydrogen (secondary N) is 1. The quantitative estimate of drug-likeness (QED) is 0.701. The summed E-state index contributed by atoms with van der Waals surface area (Å²) < 4.78 is 32.3. The second-order valence-corrected chi connectivity index (χ2v) is 9.08. The van der Waals surface area contributed by atoms with Crippen LogP contribution in [0.25, 0.3) is 0 Å². The van der Waals surface area contributed by atoms with Crippen molar-refractivity contribution < 1.29 is 22.7 Å². The number of rotatable bonds is 7. The van der Waals surface area contributed by atoms with Crippen LogP contribution in [0, 0.1) is 0 Å². The maximum Gasteiger partial charge on any atom is 0.255 e. The van der Waals surface area contributed by atoms with Crippen molar-refractivity contribution in [2.24, 2.45) is 0 Å². The zero-order valence-electron chi connectivity index (χ0n) is 16.4. The topological polar surface area (TPSA) is 92.8 Å². The fourth-order valence-electron chi connectivity index (χ4n) is 3.15. The fraction of sp³-hybridized carbons (Fsp3) is 0.333. The highest BCUT2D eigenvalue weighted by Gasteiger charge is 2.26. The summed E-state index contributed by atoms with van der Waals surface area (Å²) in [7, 11) is -2.13. The van der Waals surface area contributed by atoms with Gasteiger partial charge >= 0.3 is 0 Å². The Morgan fingerprint density at radius 3 is 2.48 bits per heavy atom. The van der Waals surface area contributed by atoms with Gasteiger partial charge in [0.2, 0.25) is 10.0 Å². The van der Waals surface area contributed by atoms with Gasteiger partial charge in [-0.3, -0.25) is 9.59 Å². The lowest BCUT2D eigenvalue weighted by atomic mass is 10.1. The highest BCUT2D eigenvalue weighted by molar-refractivity contribution is 7.89. The van der Waals surface area contributed by atoms with Crippen molar-refractivity contribution in [1.29, 1.82) is 0 Å². The average Bonchev–Trinajstić information content (AvgIpc) is 3.21. The number of anilines is 1. The molecule has 0 aromatic heterocycles. The normalized spacial score (nSPS) is 16.7. The molecule has 154 valence electrons. The Hall–Kier alpha value is -2.55. The van der Waals surface area contributed by atoms with Crippen LogP contribution >= 0.6 is 0 Å². The molecule has 1 aliphatic heterocycles. The average molecular weight is 416 g/mol. The molecular formula is C21H24N2O5S. The Kier molecular flexibility index (Phi) is 6.46. The number of ketones is 1. The van der Waals surface area contributed by atoms with Crippen LogP contribution < -0.4 is 5.32 Å². The monoisotopic (exact) mass is 416 g/mol. The SMILES string of the molecule is CC(=O)c1cccc(NC(=O)c2ccc(S(=O)(=O)N(C)C[C@@H]3CCCO3)cc2)c1. The van der Waals surface area contributed by atoms with Crippen LogP contribution in [0.15, 0.2) is 53.4 Å².